The van der Waals surface area contributed by atoms with E-state index in [0.717, 1.165) is 155 Å². The van der Waals surface area contributed by atoms with Gasteiger partial charge in [0.2, 0.25) is 5.91 Å². The molecule has 4 aliphatic heterocycles. The lowest BCUT2D eigenvalue weighted by Crippen LogP contribution is -2.22. The summed E-state index contributed by atoms with van der Waals surface area (Å²) >= 11 is 0. The van der Waals surface area contributed by atoms with Crippen molar-refractivity contribution in [2.75, 3.05) is 5.32 Å². The number of ether oxygens (including phenoxy) is 1. The highest BCUT2D eigenvalue weighted by Gasteiger charge is 2.36. The number of hydrogen-bond donors (Lipinski definition) is 5. The predicted octanol–water partition coefficient (Wildman–Crippen LogP) is 23.9. The first kappa shape index (κ1) is 90.5. The van der Waals surface area contributed by atoms with E-state index in [0.29, 0.717) is 70.2 Å². The van der Waals surface area contributed by atoms with Gasteiger partial charge < -0.3 is 44.2 Å². The van der Waals surface area contributed by atoms with Crippen LogP contribution in [0.3, 0.4) is 0 Å². The van der Waals surface area contributed by atoms with Crippen LogP contribution >= 0.6 is 0 Å². The molecule has 672 valence electrons. The van der Waals surface area contributed by atoms with Crippen LogP contribution in [0, 0.1) is 40.1 Å². The topological polar surface area (TPSA) is 304 Å². The van der Waals surface area contributed by atoms with Gasteiger partial charge in [0.05, 0.1) is 90.0 Å². The minimum Gasteiger partial charge on any atom is -0.478 e. The van der Waals surface area contributed by atoms with Gasteiger partial charge in [0.1, 0.15) is 23.3 Å². The zero-order valence-corrected chi connectivity index (χ0v) is 75.0. The lowest BCUT2D eigenvalue weighted by atomic mass is 9.81. The lowest BCUT2D eigenvalue weighted by Gasteiger charge is -2.27. The van der Waals surface area contributed by atoms with Crippen molar-refractivity contribution in [1.82, 2.24) is 18.3 Å². The first-order valence-electron chi connectivity index (χ1n) is 44.2. The van der Waals surface area contributed by atoms with Gasteiger partial charge in [0, 0.05) is 146 Å². The van der Waals surface area contributed by atoms with Crippen molar-refractivity contribution < 1.29 is 62.3 Å². The fourth-order valence-corrected chi connectivity index (χ4v) is 18.4. The molecular formula is C111H92F3N11O10. The quantitative estimate of drug-likeness (QED) is 0.0399. The van der Waals surface area contributed by atoms with Crippen LogP contribution in [0.25, 0.3) is 99.5 Å². The molecule has 135 heavy (non-hydrogen) atoms. The number of carbonyl (C=O) groups excluding carboxylic acids is 1. The van der Waals surface area contributed by atoms with Gasteiger partial charge in [-0.05, 0) is 249 Å². The third-order valence-corrected chi connectivity index (χ3v) is 24.9. The summed E-state index contributed by atoms with van der Waals surface area (Å²) < 4.78 is 55.6. The van der Waals surface area contributed by atoms with Crippen LogP contribution in [-0.2, 0) is 66.2 Å². The van der Waals surface area contributed by atoms with Crippen molar-refractivity contribution >= 4 is 104 Å². The van der Waals surface area contributed by atoms with E-state index in [1.165, 1.54) is 47.5 Å². The van der Waals surface area contributed by atoms with Crippen molar-refractivity contribution in [3.8, 4) is 68.0 Å². The number of carboxylic acid groups (broad SMARTS) is 4. The average Bonchev–Trinajstić information content (AvgIpc) is 1.58. The molecule has 0 atom stereocenters. The number of anilines is 1. The summed E-state index contributed by atoms with van der Waals surface area (Å²) in [5.74, 6) is -4.46. The van der Waals surface area contributed by atoms with Crippen LogP contribution in [0.5, 0.6) is 0 Å². The second-order valence-electron chi connectivity index (χ2n) is 35.3. The van der Waals surface area contributed by atoms with E-state index < -0.39 is 34.7 Å². The number of aromatic nitrogens is 4. The number of nitrogens with zero attached hydrogens (tertiary/aromatic N) is 10. The van der Waals surface area contributed by atoms with Crippen LogP contribution in [-0.4, -0.2) is 99.4 Å². The molecule has 16 aromatic rings. The molecule has 21 nitrogen and oxygen atoms in total. The Kier molecular flexibility index (Phi) is 25.3. The molecule has 8 heterocycles. The summed E-state index contributed by atoms with van der Waals surface area (Å²) in [4.78, 5) is 75.8. The zero-order valence-electron chi connectivity index (χ0n) is 75.0. The standard InChI is InChI=1S/C29H24FN3O2.C29H25N3O2.C27H23FN2O3.C26H20FN3O3/c1-29(2,11-12-31)27-26(19-5-7-20(8-6-19)28(34)35)24-13-21-15-32-16-22(21)14-25(24)33(27)17-18-3-9-23(30)10-4-18;1-29(2,12-13-30)27-26(20-8-10-21(11-9-20)28(33)34)24-14-22-16-31-17-23(22)15-25(24)32(27)18-19-6-4-3-5-7-19;1-16(2)33-15-25-26(17-3-5-18(6-4-17)27(31)32)23-11-19-13-29-14-20(19)12-24(23)30(25)22-9-7-21(28)8-10-22;1-2-23(31)29-25-24(15-3-5-16(6-4-15)26(32)33)21-11-17-13-28-14-18(17)12-22(21)30(25)20-9-7-19(27)8-10-20/h3-10,13-14,16H,11,15,17H2,1-2H3,(H,34,35);3-11,14-15,17H,12,16,18H2,1-2H3,(H,33,34);3-12,14,16H,13,15H2,1-2H3,(H,31,32);3-12,14H,2,13H2,1H3,(H,29,31)(H,32,33). The molecule has 0 radical (unpaired) electrons. The second-order valence-corrected chi connectivity index (χ2v) is 35.3. The number of nitriles is 2. The number of hydrogen-bond acceptors (Lipinski definition) is 12. The Labute approximate surface area is 775 Å². The molecule has 4 aromatic heterocycles. The number of rotatable bonds is 23. The second kappa shape index (κ2) is 37.8. The number of halogens is 3. The van der Waals surface area contributed by atoms with E-state index in [9.17, 15) is 68.1 Å². The van der Waals surface area contributed by atoms with E-state index in [4.69, 9.17) is 4.74 Å². The summed E-state index contributed by atoms with van der Waals surface area (Å²) in [6.45, 7) is 18.0. The van der Waals surface area contributed by atoms with Crippen molar-refractivity contribution in [1.29, 1.82) is 10.5 Å². The Bertz CT molecular complexity index is 7620. The van der Waals surface area contributed by atoms with E-state index in [1.54, 1.807) is 104 Å². The Morgan fingerprint density at radius 1 is 0.415 bits per heavy atom. The summed E-state index contributed by atoms with van der Waals surface area (Å²) in [5, 5.41) is 63.8. The Morgan fingerprint density at radius 3 is 1.09 bits per heavy atom. The first-order valence-corrected chi connectivity index (χ1v) is 44.2. The third-order valence-electron chi connectivity index (χ3n) is 24.9. The van der Waals surface area contributed by atoms with Crippen molar-refractivity contribution in [3.63, 3.8) is 0 Å². The number of aliphatic imine (C=N–C) groups is 4. The van der Waals surface area contributed by atoms with E-state index in [1.807, 2.05) is 104 Å². The lowest BCUT2D eigenvalue weighted by molar-refractivity contribution is -0.115. The molecule has 1 amide bonds. The van der Waals surface area contributed by atoms with E-state index in [-0.39, 0.29) is 58.1 Å². The SMILES string of the molecule is CC(C)(CC#N)c1c(-c2ccc(C(=O)O)cc2)c2cc3c(cc2n1Cc1ccc(F)cc1)C=NC3.CC(C)(CC#N)c1c(-c2ccc(C(=O)O)cc2)c2cc3c(cc2n1Cc1ccccc1)C=NC3.CC(C)OCc1c(-c2ccc(C(=O)O)cc2)c2cc3c(cc2n1-c1ccc(F)cc1)C=NC3.CCC(=O)Nc1c(-c2ccc(C(=O)O)cc2)c2cc3c(cc2n1-c1ccc(F)cc1)C=NC3. The molecule has 20 rings (SSSR count). The molecule has 5 N–H and O–H groups in total. The molecule has 0 bridgehead atoms. The molecule has 12 aromatic carbocycles. The van der Waals surface area contributed by atoms with E-state index in [2.05, 4.69) is 133 Å². The van der Waals surface area contributed by atoms with Crippen LogP contribution in [0.15, 0.2) is 269 Å². The van der Waals surface area contributed by atoms with Gasteiger partial charge in [0.15, 0.2) is 0 Å². The van der Waals surface area contributed by atoms with Crippen LogP contribution < -0.4 is 5.32 Å². The van der Waals surface area contributed by atoms with Gasteiger partial charge in [-0.15, -0.1) is 0 Å². The summed E-state index contributed by atoms with van der Waals surface area (Å²) in [7, 11) is 0. The number of nitrogens with one attached hydrogen (secondary N) is 1. The average molecular weight is 1800 g/mol. The molecule has 0 fully saturated rings. The van der Waals surface area contributed by atoms with Gasteiger partial charge in [-0.25, -0.2) is 32.3 Å². The highest BCUT2D eigenvalue weighted by Crippen LogP contribution is 2.49. The fraction of sp³-hybridized carbons (Fsp3) is 0.180. The minimum absolute atomic E-state index is 0.0176. The number of fused-ring (bicyclic) bond motifs is 8. The molecule has 0 saturated heterocycles. The Morgan fingerprint density at radius 2 is 0.733 bits per heavy atom. The number of amides is 1. The molecule has 0 spiro atoms. The van der Waals surface area contributed by atoms with Gasteiger partial charge in [-0.1, -0.05) is 126 Å². The fourth-order valence-electron chi connectivity index (χ4n) is 18.4. The largest absolute Gasteiger partial charge is 0.478 e. The first-order chi connectivity index (χ1) is 65.0. The molecule has 4 aliphatic rings. The predicted molar refractivity (Wildman–Crippen MR) is 522 cm³/mol. The monoisotopic (exact) mass is 1800 g/mol. The molecule has 0 aliphatic carbocycles. The van der Waals surface area contributed by atoms with Crippen LogP contribution in [0.4, 0.5) is 19.0 Å². The summed E-state index contributed by atoms with van der Waals surface area (Å²) in [5.41, 5.74) is 26.5. The Hall–Kier alpha value is -16.4. The van der Waals surface area contributed by atoms with Gasteiger partial charge >= 0.3 is 23.9 Å². The maximum atomic E-state index is 13.7. The maximum Gasteiger partial charge on any atom is 0.335 e. The smallest absolute Gasteiger partial charge is 0.335 e. The number of carbonyl (C=O) groups is 5. The summed E-state index contributed by atoms with van der Waals surface area (Å²) in [6.07, 6.45) is 8.47. The van der Waals surface area contributed by atoms with Crippen LogP contribution in [0.1, 0.15) is 182 Å². The minimum atomic E-state index is -1.01. The molecule has 0 saturated carbocycles. The molecule has 24 heteroatoms. The molecule has 0 unspecified atom stereocenters. The van der Waals surface area contributed by atoms with Crippen molar-refractivity contribution in [2.45, 2.75) is 131 Å². The summed E-state index contributed by atoms with van der Waals surface area (Å²) in [6, 6.07) is 78.4. The number of carboxylic acids is 4. The Balaban J connectivity index is 0.000000125. The number of benzene rings is 12. The van der Waals surface area contributed by atoms with Crippen molar-refractivity contribution in [3.05, 3.63) is 361 Å². The maximum absolute atomic E-state index is 13.7. The normalized spacial score (nSPS) is 12.5. The highest BCUT2D eigenvalue weighted by molar-refractivity contribution is 6.12. The van der Waals surface area contributed by atoms with Gasteiger partial charge in [-0.3, -0.25) is 29.3 Å². The van der Waals surface area contributed by atoms with Crippen molar-refractivity contribution in [2.24, 2.45) is 20.0 Å². The number of aromatic carboxylic acids is 4. The van der Waals surface area contributed by atoms with Gasteiger partial charge in [-0.2, -0.15) is 10.5 Å². The van der Waals surface area contributed by atoms with E-state index >= 15 is 0 Å². The highest BCUT2D eigenvalue weighted by atomic mass is 19.1. The van der Waals surface area contributed by atoms with Crippen LogP contribution in [0.2, 0.25) is 0 Å². The molecular weight excluding hydrogens is 1700 g/mol. The van der Waals surface area contributed by atoms with Gasteiger partial charge in [0.25, 0.3) is 0 Å². The zero-order chi connectivity index (χ0) is 94.8. The third kappa shape index (κ3) is 18.3.